The molecular formula is C14H22N2O3S. The van der Waals surface area contributed by atoms with E-state index in [9.17, 15) is 9.59 Å². The fourth-order valence-electron chi connectivity index (χ4n) is 1.89. The molecule has 3 N–H and O–H groups in total. The Kier molecular flexibility index (Phi) is 6.51. The minimum Gasteiger partial charge on any atom is -0.465 e. The molecule has 0 spiro atoms. The molecule has 0 atom stereocenters. The zero-order chi connectivity index (χ0) is 15.1. The van der Waals surface area contributed by atoms with Gasteiger partial charge in [-0.15, -0.1) is 11.3 Å². The van der Waals surface area contributed by atoms with Crippen LogP contribution >= 0.6 is 11.3 Å². The number of carbonyl (C=O) groups is 2. The van der Waals surface area contributed by atoms with Gasteiger partial charge in [0.1, 0.15) is 10.6 Å². The molecular weight excluding hydrogens is 276 g/mol. The van der Waals surface area contributed by atoms with Gasteiger partial charge in [0.15, 0.2) is 5.78 Å². The monoisotopic (exact) mass is 298 g/mol. The van der Waals surface area contributed by atoms with E-state index in [2.05, 4.69) is 12.2 Å². The lowest BCUT2D eigenvalue weighted by Gasteiger charge is -2.06. The van der Waals surface area contributed by atoms with Crippen LogP contribution in [-0.4, -0.2) is 25.4 Å². The Bertz CT molecular complexity index is 483. The zero-order valence-corrected chi connectivity index (χ0v) is 13.1. The minimum absolute atomic E-state index is 0.142. The van der Waals surface area contributed by atoms with Gasteiger partial charge in [0, 0.05) is 13.5 Å². The largest absolute Gasteiger partial charge is 0.465 e. The molecule has 1 heterocycles. The van der Waals surface area contributed by atoms with Gasteiger partial charge in [-0.25, -0.2) is 4.79 Å². The number of unbranched alkanes of at least 4 members (excludes halogenated alkanes) is 3. The maximum Gasteiger partial charge on any atom is 0.343 e. The molecule has 5 nitrogen and oxygen atoms in total. The van der Waals surface area contributed by atoms with Gasteiger partial charge in [-0.1, -0.05) is 26.2 Å². The number of ketones is 1. The van der Waals surface area contributed by atoms with Crippen LogP contribution in [0.5, 0.6) is 0 Å². The molecule has 0 aliphatic heterocycles. The summed E-state index contributed by atoms with van der Waals surface area (Å²) in [5.74, 6) is -0.654. The highest BCUT2D eigenvalue weighted by Gasteiger charge is 2.24. The third-order valence-electron chi connectivity index (χ3n) is 2.97. The van der Waals surface area contributed by atoms with Crippen molar-refractivity contribution in [1.82, 2.24) is 0 Å². The molecule has 0 radical (unpaired) electrons. The highest BCUT2D eigenvalue weighted by atomic mass is 32.1. The average molecular weight is 298 g/mol. The number of esters is 1. The number of hydrogen-bond acceptors (Lipinski definition) is 6. The molecule has 0 aliphatic rings. The van der Waals surface area contributed by atoms with Crippen molar-refractivity contribution in [3.05, 3.63) is 10.4 Å². The van der Waals surface area contributed by atoms with Crippen LogP contribution in [-0.2, 0) is 4.74 Å². The third kappa shape index (κ3) is 3.96. The summed E-state index contributed by atoms with van der Waals surface area (Å²) >= 11 is 1.22. The summed E-state index contributed by atoms with van der Waals surface area (Å²) in [7, 11) is 1.30. The highest BCUT2D eigenvalue weighted by Crippen LogP contribution is 2.36. The highest BCUT2D eigenvalue weighted by molar-refractivity contribution is 7.19. The normalized spacial score (nSPS) is 10.3. The number of Topliss-reactive ketones (excluding diaryl/α,β-unsaturated/α-hetero) is 1. The first-order valence-corrected chi connectivity index (χ1v) is 7.59. The van der Waals surface area contributed by atoms with Crippen molar-refractivity contribution in [2.24, 2.45) is 0 Å². The fraction of sp³-hybridized carbons (Fsp3) is 0.571. The molecule has 0 aromatic carbocycles. The number of hydrogen-bond donors (Lipinski definition) is 2. The van der Waals surface area contributed by atoms with Gasteiger partial charge in [0.05, 0.1) is 17.7 Å². The summed E-state index contributed by atoms with van der Waals surface area (Å²) in [5.41, 5.74) is 6.37. The van der Waals surface area contributed by atoms with Crippen molar-refractivity contribution >= 4 is 33.8 Å². The number of thiophene rings is 1. The van der Waals surface area contributed by atoms with Crippen molar-refractivity contribution in [2.45, 2.75) is 39.5 Å². The Balaban J connectivity index is 2.85. The second kappa shape index (κ2) is 7.89. The Labute approximate surface area is 123 Å². The Morgan fingerprint density at radius 1 is 1.30 bits per heavy atom. The fourth-order valence-corrected chi connectivity index (χ4v) is 2.92. The zero-order valence-electron chi connectivity index (χ0n) is 12.2. The second-order valence-corrected chi connectivity index (χ2v) is 5.60. The van der Waals surface area contributed by atoms with Gasteiger partial charge in [-0.2, -0.15) is 0 Å². The predicted octanol–water partition coefficient (Wildman–Crippen LogP) is 3.31. The van der Waals surface area contributed by atoms with E-state index in [1.165, 1.54) is 38.2 Å². The molecule has 0 aliphatic carbocycles. The van der Waals surface area contributed by atoms with Gasteiger partial charge < -0.3 is 15.8 Å². The summed E-state index contributed by atoms with van der Waals surface area (Å²) < 4.78 is 4.73. The minimum atomic E-state index is -0.512. The summed E-state index contributed by atoms with van der Waals surface area (Å²) in [4.78, 5) is 23.7. The second-order valence-electron chi connectivity index (χ2n) is 4.58. The lowest BCUT2D eigenvalue weighted by atomic mass is 10.2. The first-order chi connectivity index (χ1) is 9.52. The molecule has 1 aromatic rings. The van der Waals surface area contributed by atoms with Crippen LogP contribution in [0.4, 0.5) is 10.7 Å². The topological polar surface area (TPSA) is 81.4 Å². The van der Waals surface area contributed by atoms with Gasteiger partial charge >= 0.3 is 5.97 Å². The first-order valence-electron chi connectivity index (χ1n) is 6.78. The average Bonchev–Trinajstić information content (AvgIpc) is 2.75. The molecule has 0 unspecified atom stereocenters. The Morgan fingerprint density at radius 2 is 2.00 bits per heavy atom. The third-order valence-corrected chi connectivity index (χ3v) is 4.23. The maximum atomic E-state index is 11.8. The van der Waals surface area contributed by atoms with Crippen molar-refractivity contribution in [3.8, 4) is 0 Å². The van der Waals surface area contributed by atoms with E-state index >= 15 is 0 Å². The van der Waals surface area contributed by atoms with Crippen molar-refractivity contribution < 1.29 is 14.3 Å². The number of ether oxygens (including phenoxy) is 1. The number of nitrogen functional groups attached to an aromatic ring is 1. The summed E-state index contributed by atoms with van der Waals surface area (Å²) in [6.45, 7) is 4.34. The number of methoxy groups -OCH3 is 1. The maximum absolute atomic E-state index is 11.8. The molecule has 0 saturated heterocycles. The number of rotatable bonds is 8. The Morgan fingerprint density at radius 3 is 2.55 bits per heavy atom. The summed E-state index contributed by atoms with van der Waals surface area (Å²) in [6, 6.07) is 0. The van der Waals surface area contributed by atoms with Crippen LogP contribution in [0.3, 0.4) is 0 Å². The molecule has 0 bridgehead atoms. The van der Waals surface area contributed by atoms with E-state index in [0.717, 1.165) is 19.4 Å². The first kappa shape index (κ1) is 16.5. The van der Waals surface area contributed by atoms with E-state index in [-0.39, 0.29) is 17.0 Å². The number of nitrogens with one attached hydrogen (secondary N) is 1. The SMILES string of the molecule is CCCCCCNc1sc(C(C)=O)c(N)c1C(=O)OC. The van der Waals surface area contributed by atoms with Gasteiger partial charge in [-0.3, -0.25) is 4.79 Å². The van der Waals surface area contributed by atoms with E-state index < -0.39 is 5.97 Å². The van der Waals surface area contributed by atoms with Gasteiger partial charge in [0.25, 0.3) is 0 Å². The molecule has 1 aromatic heterocycles. The smallest absolute Gasteiger partial charge is 0.343 e. The molecule has 0 fully saturated rings. The Hall–Kier alpha value is -1.56. The molecule has 0 amide bonds. The van der Waals surface area contributed by atoms with E-state index in [1.807, 2.05) is 0 Å². The molecule has 1 rings (SSSR count). The lowest BCUT2D eigenvalue weighted by molar-refractivity contribution is 0.0603. The lowest BCUT2D eigenvalue weighted by Crippen LogP contribution is -2.09. The van der Waals surface area contributed by atoms with Gasteiger partial charge in [0.2, 0.25) is 0 Å². The van der Waals surface area contributed by atoms with E-state index in [4.69, 9.17) is 10.5 Å². The summed E-state index contributed by atoms with van der Waals surface area (Å²) in [5, 5.41) is 3.81. The van der Waals surface area contributed by atoms with Crippen molar-refractivity contribution in [3.63, 3.8) is 0 Å². The van der Waals surface area contributed by atoms with Crippen LogP contribution in [0.15, 0.2) is 0 Å². The van der Waals surface area contributed by atoms with Crippen molar-refractivity contribution in [1.29, 1.82) is 0 Å². The van der Waals surface area contributed by atoms with Crippen LogP contribution in [0.2, 0.25) is 0 Å². The van der Waals surface area contributed by atoms with Gasteiger partial charge in [-0.05, 0) is 6.42 Å². The summed E-state index contributed by atoms with van der Waals surface area (Å²) in [6.07, 6.45) is 4.52. The van der Waals surface area contributed by atoms with Crippen molar-refractivity contribution in [2.75, 3.05) is 24.7 Å². The number of nitrogens with two attached hydrogens (primary N) is 1. The van der Waals surface area contributed by atoms with E-state index in [0.29, 0.717) is 9.88 Å². The predicted molar refractivity (Wildman–Crippen MR) is 82.7 cm³/mol. The molecule has 112 valence electrons. The van der Waals surface area contributed by atoms with Crippen LogP contribution in [0.25, 0.3) is 0 Å². The van der Waals surface area contributed by atoms with Crippen LogP contribution in [0, 0.1) is 0 Å². The molecule has 6 heteroatoms. The van der Waals surface area contributed by atoms with Crippen LogP contribution in [0.1, 0.15) is 59.6 Å². The standard InChI is InChI=1S/C14H22N2O3S/c1-4-5-6-7-8-16-13-10(14(18)19-3)11(15)12(20-13)9(2)17/h16H,4-8,15H2,1-3H3. The van der Waals surface area contributed by atoms with Crippen LogP contribution < -0.4 is 11.1 Å². The van der Waals surface area contributed by atoms with E-state index in [1.54, 1.807) is 0 Å². The quantitative estimate of drug-likeness (QED) is 0.437. The number of carbonyl (C=O) groups excluding carboxylic acids is 2. The molecule has 20 heavy (non-hydrogen) atoms. The molecule has 0 saturated carbocycles. The number of anilines is 2.